The lowest BCUT2D eigenvalue weighted by Gasteiger charge is -2.05. The third kappa shape index (κ3) is 5.17. The van der Waals surface area contributed by atoms with E-state index in [1.54, 1.807) is 6.07 Å². The van der Waals surface area contributed by atoms with E-state index in [1.165, 1.54) is 0 Å². The Bertz CT molecular complexity index is 318. The first kappa shape index (κ1) is 13.8. The fourth-order valence-electron chi connectivity index (χ4n) is 1.34. The highest BCUT2D eigenvalue weighted by molar-refractivity contribution is 6.41. The highest BCUT2D eigenvalue weighted by atomic mass is 35.5. The fourth-order valence-corrected chi connectivity index (χ4v) is 1.67. The van der Waals surface area contributed by atoms with E-state index in [4.69, 9.17) is 33.7 Å². The van der Waals surface area contributed by atoms with Gasteiger partial charge < -0.3 is 10.5 Å². The van der Waals surface area contributed by atoms with Crippen molar-refractivity contribution in [2.75, 3.05) is 13.2 Å². The molecule has 0 spiro atoms. The third-order valence-electron chi connectivity index (χ3n) is 2.25. The number of hydrogen-bond acceptors (Lipinski definition) is 2. The van der Waals surface area contributed by atoms with E-state index in [-0.39, 0.29) is 0 Å². The molecule has 1 aromatic carbocycles. The van der Waals surface area contributed by atoms with Gasteiger partial charge in [-0.15, -0.1) is 0 Å². The minimum absolute atomic E-state index is 0.575. The molecule has 0 radical (unpaired) electrons. The Kier molecular flexibility index (Phi) is 6.81. The molecule has 0 aliphatic heterocycles. The van der Waals surface area contributed by atoms with Crippen LogP contribution in [-0.4, -0.2) is 13.2 Å². The Morgan fingerprint density at radius 3 is 2.56 bits per heavy atom. The summed E-state index contributed by atoms with van der Waals surface area (Å²) in [7, 11) is 0. The largest absolute Gasteiger partial charge is 0.377 e. The highest BCUT2D eigenvalue weighted by Gasteiger charge is 1.99. The number of hydrogen-bond donors (Lipinski definition) is 1. The first-order valence-corrected chi connectivity index (χ1v) is 6.21. The maximum Gasteiger partial charge on any atom is 0.0717 e. The van der Waals surface area contributed by atoms with Crippen molar-refractivity contribution in [3.63, 3.8) is 0 Å². The van der Waals surface area contributed by atoms with Crippen LogP contribution in [0.5, 0.6) is 0 Å². The van der Waals surface area contributed by atoms with Crippen LogP contribution < -0.4 is 5.73 Å². The summed E-state index contributed by atoms with van der Waals surface area (Å²) in [6.45, 7) is 2.10. The summed E-state index contributed by atoms with van der Waals surface area (Å²) < 4.78 is 5.52. The topological polar surface area (TPSA) is 35.2 Å². The highest BCUT2D eigenvalue weighted by Crippen LogP contribution is 2.22. The second-order valence-corrected chi connectivity index (χ2v) is 4.46. The number of benzene rings is 1. The van der Waals surface area contributed by atoms with Gasteiger partial charge in [-0.1, -0.05) is 29.3 Å². The molecule has 0 saturated heterocycles. The van der Waals surface area contributed by atoms with E-state index in [0.29, 0.717) is 16.7 Å². The van der Waals surface area contributed by atoms with Crippen LogP contribution in [0.1, 0.15) is 24.8 Å². The molecule has 4 heteroatoms. The van der Waals surface area contributed by atoms with Gasteiger partial charge in [-0.25, -0.2) is 0 Å². The van der Waals surface area contributed by atoms with Crippen LogP contribution in [0, 0.1) is 0 Å². The average molecular weight is 262 g/mol. The van der Waals surface area contributed by atoms with Gasteiger partial charge >= 0.3 is 0 Å². The second kappa shape index (κ2) is 7.91. The van der Waals surface area contributed by atoms with E-state index >= 15 is 0 Å². The summed E-state index contributed by atoms with van der Waals surface area (Å²) >= 11 is 11.7. The van der Waals surface area contributed by atoms with Crippen LogP contribution in [0.3, 0.4) is 0 Å². The number of halogens is 2. The van der Waals surface area contributed by atoms with Gasteiger partial charge in [0.1, 0.15) is 0 Å². The van der Waals surface area contributed by atoms with Crippen molar-refractivity contribution in [2.24, 2.45) is 5.73 Å². The van der Waals surface area contributed by atoms with Crippen molar-refractivity contribution in [3.8, 4) is 0 Å². The van der Waals surface area contributed by atoms with Crippen molar-refractivity contribution < 1.29 is 4.74 Å². The molecule has 0 aromatic heterocycles. The standard InChI is InChI=1S/C12H17Cl2NO/c13-11-5-4-10(8-12(11)14)9-16-7-3-1-2-6-15/h4-5,8H,1-3,6-7,9,15H2. The summed E-state index contributed by atoms with van der Waals surface area (Å²) in [5, 5.41) is 1.15. The molecular formula is C12H17Cl2NO. The number of rotatable bonds is 7. The van der Waals surface area contributed by atoms with Gasteiger partial charge in [-0.05, 0) is 43.5 Å². The van der Waals surface area contributed by atoms with Gasteiger partial charge in [0.25, 0.3) is 0 Å². The molecule has 0 heterocycles. The summed E-state index contributed by atoms with van der Waals surface area (Å²) in [6, 6.07) is 5.55. The van der Waals surface area contributed by atoms with Crippen LogP contribution in [0.15, 0.2) is 18.2 Å². The fraction of sp³-hybridized carbons (Fsp3) is 0.500. The first-order valence-electron chi connectivity index (χ1n) is 5.46. The van der Waals surface area contributed by atoms with Gasteiger partial charge in [-0.2, -0.15) is 0 Å². The Hall–Kier alpha value is -0.280. The molecule has 2 N–H and O–H groups in total. The van der Waals surface area contributed by atoms with E-state index in [2.05, 4.69) is 0 Å². The first-order chi connectivity index (χ1) is 7.74. The predicted octanol–water partition coefficient (Wildman–Crippen LogP) is 3.64. The van der Waals surface area contributed by atoms with Gasteiger partial charge in [-0.3, -0.25) is 0 Å². The molecular weight excluding hydrogens is 245 g/mol. The smallest absolute Gasteiger partial charge is 0.0717 e. The minimum Gasteiger partial charge on any atom is -0.377 e. The van der Waals surface area contributed by atoms with Crippen molar-refractivity contribution in [1.29, 1.82) is 0 Å². The average Bonchev–Trinajstić information content (AvgIpc) is 2.28. The maximum absolute atomic E-state index is 5.89. The summed E-state index contributed by atoms with van der Waals surface area (Å²) in [4.78, 5) is 0. The Labute approximate surface area is 107 Å². The second-order valence-electron chi connectivity index (χ2n) is 3.65. The van der Waals surface area contributed by atoms with Crippen molar-refractivity contribution in [2.45, 2.75) is 25.9 Å². The molecule has 0 aliphatic carbocycles. The zero-order chi connectivity index (χ0) is 11.8. The monoisotopic (exact) mass is 261 g/mol. The lowest BCUT2D eigenvalue weighted by atomic mass is 10.2. The van der Waals surface area contributed by atoms with Crippen molar-refractivity contribution >= 4 is 23.2 Å². The molecule has 1 rings (SSSR count). The van der Waals surface area contributed by atoms with Crippen LogP contribution >= 0.6 is 23.2 Å². The van der Waals surface area contributed by atoms with Crippen LogP contribution in [-0.2, 0) is 11.3 Å². The molecule has 0 bridgehead atoms. The summed E-state index contributed by atoms with van der Waals surface area (Å²) in [5.74, 6) is 0. The van der Waals surface area contributed by atoms with Gasteiger partial charge in [0.05, 0.1) is 16.7 Å². The van der Waals surface area contributed by atoms with Gasteiger partial charge in [0.2, 0.25) is 0 Å². The van der Waals surface area contributed by atoms with E-state index in [0.717, 1.165) is 38.0 Å². The molecule has 16 heavy (non-hydrogen) atoms. The van der Waals surface area contributed by atoms with Crippen LogP contribution in [0.4, 0.5) is 0 Å². The van der Waals surface area contributed by atoms with Crippen molar-refractivity contribution in [1.82, 2.24) is 0 Å². The number of unbranched alkanes of at least 4 members (excludes halogenated alkanes) is 2. The quantitative estimate of drug-likeness (QED) is 0.761. The predicted molar refractivity (Wildman–Crippen MR) is 69.0 cm³/mol. The Balaban J connectivity index is 2.19. The minimum atomic E-state index is 0.575. The zero-order valence-electron chi connectivity index (χ0n) is 9.22. The van der Waals surface area contributed by atoms with Crippen LogP contribution in [0.25, 0.3) is 0 Å². The molecule has 0 atom stereocenters. The maximum atomic E-state index is 5.89. The molecule has 0 aliphatic rings. The molecule has 0 saturated carbocycles. The SMILES string of the molecule is NCCCCCOCc1ccc(Cl)c(Cl)c1. The summed E-state index contributed by atoms with van der Waals surface area (Å²) in [6.07, 6.45) is 3.24. The number of ether oxygens (including phenoxy) is 1. The Morgan fingerprint density at radius 1 is 1.06 bits per heavy atom. The van der Waals surface area contributed by atoms with E-state index in [9.17, 15) is 0 Å². The number of nitrogens with two attached hydrogens (primary N) is 1. The van der Waals surface area contributed by atoms with E-state index in [1.807, 2.05) is 12.1 Å². The molecule has 1 aromatic rings. The normalized spacial score (nSPS) is 10.7. The Morgan fingerprint density at radius 2 is 1.88 bits per heavy atom. The molecule has 0 unspecified atom stereocenters. The molecule has 2 nitrogen and oxygen atoms in total. The van der Waals surface area contributed by atoms with Crippen LogP contribution in [0.2, 0.25) is 10.0 Å². The van der Waals surface area contributed by atoms with E-state index < -0.39 is 0 Å². The van der Waals surface area contributed by atoms with Gasteiger partial charge in [0, 0.05) is 6.61 Å². The van der Waals surface area contributed by atoms with Gasteiger partial charge in [0.15, 0.2) is 0 Å². The lowest BCUT2D eigenvalue weighted by molar-refractivity contribution is 0.117. The zero-order valence-corrected chi connectivity index (χ0v) is 10.7. The molecule has 0 fully saturated rings. The molecule has 90 valence electrons. The van der Waals surface area contributed by atoms with Crippen molar-refractivity contribution in [3.05, 3.63) is 33.8 Å². The third-order valence-corrected chi connectivity index (χ3v) is 2.98. The lowest BCUT2D eigenvalue weighted by Crippen LogP contribution is -2.00. The molecule has 0 amide bonds. The summed E-state index contributed by atoms with van der Waals surface area (Å²) in [5.41, 5.74) is 6.45.